The zero-order chi connectivity index (χ0) is 23.2. The molecule has 0 saturated carbocycles. The molecule has 33 heavy (non-hydrogen) atoms. The van der Waals surface area contributed by atoms with Gasteiger partial charge in [0.25, 0.3) is 5.91 Å². The molecule has 2 fully saturated rings. The first-order chi connectivity index (χ1) is 15.9. The number of carbonyl (C=O) groups excluding carboxylic acids is 3. The van der Waals surface area contributed by atoms with Gasteiger partial charge in [-0.1, -0.05) is 24.3 Å². The zero-order valence-electron chi connectivity index (χ0n) is 18.8. The van der Waals surface area contributed by atoms with Gasteiger partial charge >= 0.3 is 0 Å². The van der Waals surface area contributed by atoms with E-state index in [1.165, 1.54) is 12.1 Å². The number of hydrogen-bond acceptors (Lipinski definition) is 3. The van der Waals surface area contributed by atoms with Crippen LogP contribution in [0.3, 0.4) is 0 Å². The second-order valence-corrected chi connectivity index (χ2v) is 9.39. The van der Waals surface area contributed by atoms with Gasteiger partial charge in [-0.15, -0.1) is 0 Å². The van der Waals surface area contributed by atoms with Crippen LogP contribution in [-0.4, -0.2) is 52.3 Å². The summed E-state index contributed by atoms with van der Waals surface area (Å²) in [7, 11) is 0. The molecule has 2 aromatic rings. The standard InChI is InChI=1S/C26H28FN3O3/c1-26-13-11-24(32)30(26)22-10-3-2-9-21(22)25(33)29(26)15-12-23(31)28-14-5-8-20(28)17-18-6-4-7-19(27)16-18/h2-4,6-7,9-10,16,20H,5,8,11-15,17H2,1H3. The molecule has 0 radical (unpaired) electrons. The van der Waals surface area contributed by atoms with Gasteiger partial charge in [0.2, 0.25) is 11.8 Å². The Morgan fingerprint density at radius 3 is 2.79 bits per heavy atom. The first kappa shape index (κ1) is 21.6. The summed E-state index contributed by atoms with van der Waals surface area (Å²) in [6, 6.07) is 13.8. The molecule has 3 aliphatic rings. The van der Waals surface area contributed by atoms with Crippen LogP contribution in [0, 0.1) is 5.82 Å². The first-order valence-corrected chi connectivity index (χ1v) is 11.7. The molecule has 0 bridgehead atoms. The molecule has 0 N–H and O–H groups in total. The lowest BCUT2D eigenvalue weighted by atomic mass is 9.98. The molecule has 0 aliphatic carbocycles. The first-order valence-electron chi connectivity index (χ1n) is 11.7. The summed E-state index contributed by atoms with van der Waals surface area (Å²) < 4.78 is 13.6. The molecule has 3 aliphatic heterocycles. The lowest BCUT2D eigenvalue weighted by Gasteiger charge is -2.48. The fourth-order valence-corrected chi connectivity index (χ4v) is 5.70. The molecule has 2 unspecified atom stereocenters. The number of benzene rings is 2. The van der Waals surface area contributed by atoms with Gasteiger partial charge in [-0.3, -0.25) is 19.3 Å². The van der Waals surface area contributed by atoms with Gasteiger partial charge in [-0.2, -0.15) is 0 Å². The van der Waals surface area contributed by atoms with Gasteiger partial charge in [0.15, 0.2) is 0 Å². The zero-order valence-corrected chi connectivity index (χ0v) is 18.8. The highest BCUT2D eigenvalue weighted by molar-refractivity contribution is 6.10. The van der Waals surface area contributed by atoms with Crippen molar-refractivity contribution in [1.82, 2.24) is 9.80 Å². The van der Waals surface area contributed by atoms with Crippen LogP contribution in [0.15, 0.2) is 48.5 Å². The van der Waals surface area contributed by atoms with E-state index < -0.39 is 5.66 Å². The highest BCUT2D eigenvalue weighted by atomic mass is 19.1. The predicted octanol–water partition coefficient (Wildman–Crippen LogP) is 3.75. The van der Waals surface area contributed by atoms with E-state index in [9.17, 15) is 18.8 Å². The topological polar surface area (TPSA) is 60.9 Å². The molecule has 0 aromatic heterocycles. The highest BCUT2D eigenvalue weighted by Crippen LogP contribution is 2.44. The molecule has 7 heteroatoms. The highest BCUT2D eigenvalue weighted by Gasteiger charge is 2.52. The fraction of sp³-hybridized carbons (Fsp3) is 0.423. The van der Waals surface area contributed by atoms with Crippen LogP contribution in [-0.2, 0) is 16.0 Å². The van der Waals surface area contributed by atoms with Gasteiger partial charge < -0.3 is 9.80 Å². The molecule has 3 heterocycles. The Labute approximate surface area is 193 Å². The number of likely N-dealkylation sites (tertiary alicyclic amines) is 1. The molecule has 6 nitrogen and oxygen atoms in total. The number of nitrogens with zero attached hydrogens (tertiary/aromatic N) is 3. The number of hydrogen-bond donors (Lipinski definition) is 0. The molecular weight excluding hydrogens is 421 g/mol. The van der Waals surface area contributed by atoms with Gasteiger partial charge in [0, 0.05) is 32.0 Å². The van der Waals surface area contributed by atoms with Crippen molar-refractivity contribution in [1.29, 1.82) is 0 Å². The summed E-state index contributed by atoms with van der Waals surface area (Å²) in [6.07, 6.45) is 3.56. The van der Waals surface area contributed by atoms with Crippen molar-refractivity contribution in [2.24, 2.45) is 0 Å². The molecule has 2 saturated heterocycles. The van der Waals surface area contributed by atoms with Gasteiger partial charge in [0.05, 0.1) is 11.3 Å². The van der Waals surface area contributed by atoms with Crippen LogP contribution in [0.5, 0.6) is 0 Å². The van der Waals surface area contributed by atoms with E-state index in [2.05, 4.69) is 0 Å². The summed E-state index contributed by atoms with van der Waals surface area (Å²) in [5.74, 6) is -0.399. The molecule has 2 aromatic carbocycles. The summed E-state index contributed by atoms with van der Waals surface area (Å²) in [5, 5.41) is 0. The second-order valence-electron chi connectivity index (χ2n) is 9.39. The molecule has 3 amide bonds. The van der Waals surface area contributed by atoms with Crippen LogP contribution < -0.4 is 4.90 Å². The number of para-hydroxylation sites is 1. The van der Waals surface area contributed by atoms with E-state index in [-0.39, 0.29) is 42.5 Å². The second kappa shape index (κ2) is 8.28. The largest absolute Gasteiger partial charge is 0.339 e. The van der Waals surface area contributed by atoms with Crippen LogP contribution in [0.1, 0.15) is 54.9 Å². The Balaban J connectivity index is 1.32. The maximum Gasteiger partial charge on any atom is 0.257 e. The van der Waals surface area contributed by atoms with Gasteiger partial charge in [0.1, 0.15) is 11.5 Å². The van der Waals surface area contributed by atoms with E-state index in [4.69, 9.17) is 0 Å². The fourth-order valence-electron chi connectivity index (χ4n) is 5.70. The van der Waals surface area contributed by atoms with E-state index in [1.54, 1.807) is 28.0 Å². The minimum absolute atomic E-state index is 0.0000325. The van der Waals surface area contributed by atoms with Crippen LogP contribution in [0.2, 0.25) is 0 Å². The molecule has 172 valence electrons. The summed E-state index contributed by atoms with van der Waals surface area (Å²) in [4.78, 5) is 44.6. The number of carbonyl (C=O) groups is 3. The average molecular weight is 450 g/mol. The SMILES string of the molecule is CC12CCC(=O)N1c1ccccc1C(=O)N2CCC(=O)N1CCCC1Cc1cccc(F)c1. The van der Waals surface area contributed by atoms with Crippen molar-refractivity contribution in [3.05, 3.63) is 65.5 Å². The van der Waals surface area contributed by atoms with Crippen molar-refractivity contribution in [2.75, 3.05) is 18.0 Å². The summed E-state index contributed by atoms with van der Waals surface area (Å²) in [5.41, 5.74) is 1.29. The minimum atomic E-state index is -0.755. The number of amides is 3. The van der Waals surface area contributed by atoms with Crippen molar-refractivity contribution in [3.63, 3.8) is 0 Å². The Kier molecular flexibility index (Phi) is 5.43. The molecular formula is C26H28FN3O3. The van der Waals surface area contributed by atoms with Crippen LogP contribution in [0.25, 0.3) is 0 Å². The quantitative estimate of drug-likeness (QED) is 0.699. The third-order valence-corrected chi connectivity index (χ3v) is 7.35. The Hall–Kier alpha value is -3.22. The normalized spacial score (nSPS) is 24.3. The van der Waals surface area contributed by atoms with E-state index in [0.29, 0.717) is 37.1 Å². The van der Waals surface area contributed by atoms with Crippen molar-refractivity contribution >= 4 is 23.4 Å². The summed E-state index contributed by atoms with van der Waals surface area (Å²) >= 11 is 0. The van der Waals surface area contributed by atoms with E-state index in [0.717, 1.165) is 18.4 Å². The number of fused-ring (bicyclic) bond motifs is 3. The van der Waals surface area contributed by atoms with Crippen molar-refractivity contribution < 1.29 is 18.8 Å². The maximum atomic E-state index is 13.6. The Morgan fingerprint density at radius 2 is 1.97 bits per heavy atom. The summed E-state index contributed by atoms with van der Waals surface area (Å²) in [6.45, 7) is 2.85. The van der Waals surface area contributed by atoms with Crippen molar-refractivity contribution in [3.8, 4) is 0 Å². The minimum Gasteiger partial charge on any atom is -0.339 e. The van der Waals surface area contributed by atoms with E-state index >= 15 is 0 Å². The Morgan fingerprint density at radius 1 is 1.15 bits per heavy atom. The van der Waals surface area contributed by atoms with Gasteiger partial charge in [-0.05, 0) is 62.4 Å². The lowest BCUT2D eigenvalue weighted by molar-refractivity contribution is -0.132. The predicted molar refractivity (Wildman–Crippen MR) is 122 cm³/mol. The molecule has 2 atom stereocenters. The Bertz CT molecular complexity index is 1120. The van der Waals surface area contributed by atoms with Crippen LogP contribution >= 0.6 is 0 Å². The van der Waals surface area contributed by atoms with Crippen LogP contribution in [0.4, 0.5) is 10.1 Å². The smallest absolute Gasteiger partial charge is 0.257 e. The average Bonchev–Trinajstić information content (AvgIpc) is 3.38. The molecule has 5 rings (SSSR count). The third kappa shape index (κ3) is 3.69. The number of anilines is 1. The van der Waals surface area contributed by atoms with E-state index in [1.807, 2.05) is 30.0 Å². The lowest BCUT2D eigenvalue weighted by Crippen LogP contribution is -2.62. The van der Waals surface area contributed by atoms with Crippen molar-refractivity contribution in [2.45, 2.75) is 57.2 Å². The third-order valence-electron chi connectivity index (χ3n) is 7.35. The van der Waals surface area contributed by atoms with Gasteiger partial charge in [-0.25, -0.2) is 4.39 Å². The molecule has 0 spiro atoms. The maximum absolute atomic E-state index is 13.6. The number of halogens is 1. The monoisotopic (exact) mass is 449 g/mol. The number of rotatable bonds is 5.